The van der Waals surface area contributed by atoms with Gasteiger partial charge in [-0.25, -0.2) is 0 Å². The maximum atomic E-state index is 6.04. The first kappa shape index (κ1) is 13.1. The fourth-order valence-corrected chi connectivity index (χ4v) is 3.42. The molecule has 2 heterocycles. The summed E-state index contributed by atoms with van der Waals surface area (Å²) in [6.07, 6.45) is 3.53. The molecule has 1 unspecified atom stereocenters. The van der Waals surface area contributed by atoms with Crippen LogP contribution < -0.4 is 5.73 Å². The normalized spacial score (nSPS) is 28.1. The zero-order valence-electron chi connectivity index (χ0n) is 11.6. The van der Waals surface area contributed by atoms with Gasteiger partial charge in [0.1, 0.15) is 0 Å². The summed E-state index contributed by atoms with van der Waals surface area (Å²) >= 11 is 0. The van der Waals surface area contributed by atoms with Gasteiger partial charge in [-0.15, -0.1) is 0 Å². The van der Waals surface area contributed by atoms with Gasteiger partial charge < -0.3 is 10.5 Å². The summed E-state index contributed by atoms with van der Waals surface area (Å²) in [6.45, 7) is 5.78. The number of ether oxygens (including phenoxy) is 1. The van der Waals surface area contributed by atoms with Crippen LogP contribution in [0.4, 0.5) is 0 Å². The Hall–Kier alpha value is -0.900. The lowest BCUT2D eigenvalue weighted by atomic mass is 9.81. The van der Waals surface area contributed by atoms with E-state index in [0.717, 1.165) is 52.2 Å². The van der Waals surface area contributed by atoms with Crippen molar-refractivity contribution in [3.63, 3.8) is 0 Å². The van der Waals surface area contributed by atoms with Gasteiger partial charge in [-0.3, -0.25) is 4.90 Å². The predicted molar refractivity (Wildman–Crippen MR) is 77.0 cm³/mol. The Morgan fingerprint density at radius 3 is 2.84 bits per heavy atom. The van der Waals surface area contributed by atoms with Gasteiger partial charge in [0.25, 0.3) is 0 Å². The number of hydrogen-bond acceptors (Lipinski definition) is 3. The van der Waals surface area contributed by atoms with Crippen molar-refractivity contribution < 1.29 is 4.74 Å². The van der Waals surface area contributed by atoms with E-state index in [9.17, 15) is 0 Å². The highest BCUT2D eigenvalue weighted by molar-refractivity contribution is 5.29. The van der Waals surface area contributed by atoms with E-state index in [1.807, 2.05) is 0 Å². The van der Waals surface area contributed by atoms with Gasteiger partial charge in [-0.1, -0.05) is 24.3 Å². The average Bonchev–Trinajstić information content (AvgIpc) is 2.48. The van der Waals surface area contributed by atoms with E-state index >= 15 is 0 Å². The number of nitrogens with two attached hydrogens (primary N) is 1. The molecule has 0 spiro atoms. The SMILES string of the molecule is NCC1(CN2CCc3ccccc3C2)CCCOC1. The highest BCUT2D eigenvalue weighted by Gasteiger charge is 2.34. The maximum absolute atomic E-state index is 6.04. The first-order chi connectivity index (χ1) is 9.31. The van der Waals surface area contributed by atoms with Gasteiger partial charge in [0, 0.05) is 38.2 Å². The number of rotatable bonds is 3. The molecule has 0 bridgehead atoms. The summed E-state index contributed by atoms with van der Waals surface area (Å²) in [5, 5.41) is 0. The van der Waals surface area contributed by atoms with Crippen LogP contribution in [0, 0.1) is 5.41 Å². The molecule has 0 amide bonds. The van der Waals surface area contributed by atoms with Gasteiger partial charge in [0.05, 0.1) is 6.61 Å². The quantitative estimate of drug-likeness (QED) is 0.900. The zero-order chi connectivity index (χ0) is 13.1. The Morgan fingerprint density at radius 1 is 1.26 bits per heavy atom. The minimum atomic E-state index is 0.185. The Kier molecular flexibility index (Phi) is 3.87. The minimum absolute atomic E-state index is 0.185. The number of nitrogens with zero attached hydrogens (tertiary/aromatic N) is 1. The molecular formula is C16H24N2O. The van der Waals surface area contributed by atoms with Crippen LogP contribution in [0.3, 0.4) is 0 Å². The van der Waals surface area contributed by atoms with E-state index in [2.05, 4.69) is 29.2 Å². The largest absolute Gasteiger partial charge is 0.381 e. The van der Waals surface area contributed by atoms with Gasteiger partial charge >= 0.3 is 0 Å². The molecule has 1 aromatic carbocycles. The fourth-order valence-electron chi connectivity index (χ4n) is 3.42. The first-order valence-electron chi connectivity index (χ1n) is 7.38. The Bertz CT molecular complexity index is 427. The van der Waals surface area contributed by atoms with Crippen LogP contribution in [-0.2, 0) is 17.7 Å². The van der Waals surface area contributed by atoms with Crippen molar-refractivity contribution in [2.75, 3.05) is 32.8 Å². The van der Waals surface area contributed by atoms with E-state index in [1.165, 1.54) is 17.5 Å². The van der Waals surface area contributed by atoms with Crippen LogP contribution in [0.5, 0.6) is 0 Å². The van der Waals surface area contributed by atoms with Crippen molar-refractivity contribution >= 4 is 0 Å². The summed E-state index contributed by atoms with van der Waals surface area (Å²) < 4.78 is 5.68. The van der Waals surface area contributed by atoms with E-state index < -0.39 is 0 Å². The van der Waals surface area contributed by atoms with E-state index in [0.29, 0.717) is 0 Å². The topological polar surface area (TPSA) is 38.5 Å². The van der Waals surface area contributed by atoms with Crippen LogP contribution in [0.25, 0.3) is 0 Å². The molecule has 0 aliphatic carbocycles. The molecule has 19 heavy (non-hydrogen) atoms. The third kappa shape index (κ3) is 2.83. The first-order valence-corrected chi connectivity index (χ1v) is 7.38. The fraction of sp³-hybridized carbons (Fsp3) is 0.625. The summed E-state index contributed by atoms with van der Waals surface area (Å²) in [5.41, 5.74) is 9.23. The molecule has 0 aromatic heterocycles. The molecule has 3 nitrogen and oxygen atoms in total. The monoisotopic (exact) mass is 260 g/mol. The lowest BCUT2D eigenvalue weighted by Crippen LogP contribution is -2.48. The second-order valence-corrected chi connectivity index (χ2v) is 6.09. The van der Waals surface area contributed by atoms with Gasteiger partial charge in [-0.2, -0.15) is 0 Å². The van der Waals surface area contributed by atoms with Crippen molar-refractivity contribution in [1.29, 1.82) is 0 Å². The van der Waals surface area contributed by atoms with E-state index in [4.69, 9.17) is 10.5 Å². The molecule has 0 radical (unpaired) electrons. The molecular weight excluding hydrogens is 236 g/mol. The summed E-state index contributed by atoms with van der Waals surface area (Å²) in [5.74, 6) is 0. The van der Waals surface area contributed by atoms with Crippen molar-refractivity contribution in [2.24, 2.45) is 11.1 Å². The lowest BCUT2D eigenvalue weighted by Gasteiger charge is -2.41. The van der Waals surface area contributed by atoms with Crippen LogP contribution >= 0.6 is 0 Å². The van der Waals surface area contributed by atoms with Crippen molar-refractivity contribution in [3.8, 4) is 0 Å². The maximum Gasteiger partial charge on any atom is 0.0546 e. The average molecular weight is 260 g/mol. The molecule has 1 atom stereocenters. The third-order valence-corrected chi connectivity index (χ3v) is 4.61. The number of hydrogen-bond donors (Lipinski definition) is 1. The van der Waals surface area contributed by atoms with Gasteiger partial charge in [0.2, 0.25) is 0 Å². The number of benzene rings is 1. The number of fused-ring (bicyclic) bond motifs is 1. The van der Waals surface area contributed by atoms with Crippen molar-refractivity contribution in [3.05, 3.63) is 35.4 Å². The van der Waals surface area contributed by atoms with Gasteiger partial charge in [-0.05, 0) is 30.4 Å². The highest BCUT2D eigenvalue weighted by Crippen LogP contribution is 2.30. The summed E-state index contributed by atoms with van der Waals surface area (Å²) in [7, 11) is 0. The highest BCUT2D eigenvalue weighted by atomic mass is 16.5. The predicted octanol–water partition coefficient (Wildman–Crippen LogP) is 1.80. The summed E-state index contributed by atoms with van der Waals surface area (Å²) in [4.78, 5) is 2.56. The molecule has 0 saturated carbocycles. The van der Waals surface area contributed by atoms with E-state index in [-0.39, 0.29) is 5.41 Å². The molecule has 1 aromatic rings. The molecule has 2 aliphatic rings. The zero-order valence-corrected chi connectivity index (χ0v) is 11.6. The van der Waals surface area contributed by atoms with Crippen molar-refractivity contribution in [2.45, 2.75) is 25.8 Å². The smallest absolute Gasteiger partial charge is 0.0546 e. The Balaban J connectivity index is 1.68. The van der Waals surface area contributed by atoms with Gasteiger partial charge in [0.15, 0.2) is 0 Å². The molecule has 1 saturated heterocycles. The minimum Gasteiger partial charge on any atom is -0.381 e. The van der Waals surface area contributed by atoms with Crippen LogP contribution in [0.15, 0.2) is 24.3 Å². The second-order valence-electron chi connectivity index (χ2n) is 6.09. The molecule has 3 rings (SSSR count). The van der Waals surface area contributed by atoms with Crippen LogP contribution in [0.1, 0.15) is 24.0 Å². The Labute approximate surface area is 115 Å². The third-order valence-electron chi connectivity index (χ3n) is 4.61. The molecule has 1 fully saturated rings. The molecule has 3 heteroatoms. The van der Waals surface area contributed by atoms with Crippen molar-refractivity contribution in [1.82, 2.24) is 4.90 Å². The van der Waals surface area contributed by atoms with Crippen LogP contribution in [0.2, 0.25) is 0 Å². The molecule has 2 aliphatic heterocycles. The molecule has 104 valence electrons. The van der Waals surface area contributed by atoms with E-state index in [1.54, 1.807) is 0 Å². The van der Waals surface area contributed by atoms with Crippen LogP contribution in [-0.4, -0.2) is 37.7 Å². The Morgan fingerprint density at radius 2 is 2.11 bits per heavy atom. The standard InChI is InChI=1S/C16H24N2O/c17-11-16(7-3-9-19-13-16)12-18-8-6-14-4-1-2-5-15(14)10-18/h1-2,4-5H,3,6-13,17H2. The molecule has 2 N–H and O–H groups in total. The second kappa shape index (κ2) is 5.61. The lowest BCUT2D eigenvalue weighted by molar-refractivity contribution is -0.0239. The summed E-state index contributed by atoms with van der Waals surface area (Å²) in [6, 6.07) is 8.80.